The van der Waals surface area contributed by atoms with Gasteiger partial charge in [0.2, 0.25) is 5.91 Å². The van der Waals surface area contributed by atoms with Crippen molar-refractivity contribution in [1.29, 1.82) is 0 Å². The molecule has 0 spiro atoms. The number of nitrogens with zero attached hydrogens (tertiary/aromatic N) is 1. The molecule has 0 heterocycles. The average Bonchev–Trinajstić information content (AvgIpc) is 2.26. The van der Waals surface area contributed by atoms with E-state index in [1.807, 2.05) is 18.2 Å². The molecule has 0 saturated carbocycles. The first-order chi connectivity index (χ1) is 7.15. The van der Waals surface area contributed by atoms with Crippen LogP contribution < -0.4 is 0 Å². The van der Waals surface area contributed by atoms with Crippen LogP contribution in [0, 0.1) is 0 Å². The normalized spacial score (nSPS) is 12.2. The third-order valence-corrected chi connectivity index (χ3v) is 2.68. The molecule has 2 nitrogen and oxygen atoms in total. The Hall–Kier alpha value is -1.31. The van der Waals surface area contributed by atoms with Crippen LogP contribution in [0.2, 0.25) is 0 Å². The first-order valence-corrected chi connectivity index (χ1v) is 5.40. The van der Waals surface area contributed by atoms with E-state index in [1.165, 1.54) is 5.56 Å². The fraction of sp³-hybridized carbons (Fsp3) is 0.462. The maximum atomic E-state index is 11.6. The molecule has 1 rings (SSSR count). The van der Waals surface area contributed by atoms with Crippen LogP contribution in [-0.4, -0.2) is 24.9 Å². The zero-order chi connectivity index (χ0) is 11.3. The molecule has 0 fully saturated rings. The second-order valence-electron chi connectivity index (χ2n) is 4.01. The minimum Gasteiger partial charge on any atom is -0.349 e. The Labute approximate surface area is 91.9 Å². The van der Waals surface area contributed by atoms with E-state index in [0.717, 1.165) is 6.42 Å². The van der Waals surface area contributed by atoms with Crippen molar-refractivity contribution in [3.05, 3.63) is 35.9 Å². The van der Waals surface area contributed by atoms with E-state index < -0.39 is 0 Å². The highest BCUT2D eigenvalue weighted by atomic mass is 16.2. The van der Waals surface area contributed by atoms with Crippen LogP contribution in [0.3, 0.4) is 0 Å². The molecule has 0 bridgehead atoms. The van der Waals surface area contributed by atoms with E-state index in [0.29, 0.717) is 12.3 Å². The highest BCUT2D eigenvalue weighted by Crippen LogP contribution is 2.23. The van der Waals surface area contributed by atoms with Gasteiger partial charge in [-0.3, -0.25) is 4.79 Å². The molecule has 1 amide bonds. The summed E-state index contributed by atoms with van der Waals surface area (Å²) < 4.78 is 0. The summed E-state index contributed by atoms with van der Waals surface area (Å²) in [6, 6.07) is 10.2. The van der Waals surface area contributed by atoms with E-state index >= 15 is 0 Å². The molecule has 15 heavy (non-hydrogen) atoms. The van der Waals surface area contributed by atoms with Crippen LogP contribution >= 0.6 is 0 Å². The summed E-state index contributed by atoms with van der Waals surface area (Å²) >= 11 is 0. The first kappa shape index (κ1) is 11.8. The zero-order valence-corrected chi connectivity index (χ0v) is 9.73. The summed E-state index contributed by atoms with van der Waals surface area (Å²) in [5, 5.41) is 0. The van der Waals surface area contributed by atoms with Gasteiger partial charge in [-0.2, -0.15) is 0 Å². The lowest BCUT2D eigenvalue weighted by molar-refractivity contribution is -0.129. The van der Waals surface area contributed by atoms with Crippen molar-refractivity contribution in [2.24, 2.45) is 0 Å². The monoisotopic (exact) mass is 205 g/mol. The Morgan fingerprint density at radius 3 is 2.33 bits per heavy atom. The molecule has 1 aromatic carbocycles. The zero-order valence-electron chi connectivity index (χ0n) is 9.73. The molecule has 1 atom stereocenters. The van der Waals surface area contributed by atoms with E-state index in [-0.39, 0.29) is 5.91 Å². The van der Waals surface area contributed by atoms with Crippen LogP contribution in [-0.2, 0) is 4.79 Å². The Kier molecular flexibility index (Phi) is 4.35. The Morgan fingerprint density at radius 2 is 1.87 bits per heavy atom. The fourth-order valence-corrected chi connectivity index (χ4v) is 1.62. The van der Waals surface area contributed by atoms with Gasteiger partial charge in [-0.05, 0) is 17.9 Å². The minimum atomic E-state index is 0.200. The average molecular weight is 205 g/mol. The summed E-state index contributed by atoms with van der Waals surface area (Å²) in [5.41, 5.74) is 1.26. The van der Waals surface area contributed by atoms with Gasteiger partial charge >= 0.3 is 0 Å². The van der Waals surface area contributed by atoms with Crippen molar-refractivity contribution in [3.63, 3.8) is 0 Å². The van der Waals surface area contributed by atoms with E-state index in [1.54, 1.807) is 19.0 Å². The molecule has 82 valence electrons. The quantitative estimate of drug-likeness (QED) is 0.740. The summed E-state index contributed by atoms with van der Waals surface area (Å²) in [6.45, 7) is 2.13. The second-order valence-corrected chi connectivity index (χ2v) is 4.01. The van der Waals surface area contributed by atoms with Gasteiger partial charge in [0.15, 0.2) is 0 Å². The van der Waals surface area contributed by atoms with Crippen LogP contribution in [0.1, 0.15) is 31.2 Å². The fourth-order valence-electron chi connectivity index (χ4n) is 1.62. The predicted molar refractivity (Wildman–Crippen MR) is 62.8 cm³/mol. The van der Waals surface area contributed by atoms with Crippen molar-refractivity contribution >= 4 is 5.91 Å². The molecule has 1 unspecified atom stereocenters. The smallest absolute Gasteiger partial charge is 0.222 e. The number of carbonyl (C=O) groups is 1. The van der Waals surface area contributed by atoms with Crippen molar-refractivity contribution < 1.29 is 4.79 Å². The van der Waals surface area contributed by atoms with Crippen molar-refractivity contribution in [1.82, 2.24) is 4.90 Å². The summed E-state index contributed by atoms with van der Waals surface area (Å²) in [4.78, 5) is 13.3. The number of hydrogen-bond donors (Lipinski definition) is 0. The van der Waals surface area contributed by atoms with Gasteiger partial charge in [0, 0.05) is 20.5 Å². The molecule has 0 aromatic heterocycles. The summed E-state index contributed by atoms with van der Waals surface area (Å²) in [7, 11) is 3.61. The molecule has 2 heteroatoms. The molecule has 0 aliphatic heterocycles. The molecular formula is C13H19NO. The first-order valence-electron chi connectivity index (χ1n) is 5.40. The molecule has 1 aromatic rings. The third kappa shape index (κ3) is 3.39. The highest BCUT2D eigenvalue weighted by molar-refractivity contribution is 5.76. The molecule has 0 aliphatic rings. The Morgan fingerprint density at radius 1 is 1.27 bits per heavy atom. The van der Waals surface area contributed by atoms with Gasteiger partial charge in [-0.25, -0.2) is 0 Å². The predicted octanol–water partition coefficient (Wildman–Crippen LogP) is 2.66. The Balaban J connectivity index is 2.69. The molecule has 0 radical (unpaired) electrons. The number of benzene rings is 1. The SMILES string of the molecule is CCC(CC(=O)N(C)C)c1ccccc1. The summed E-state index contributed by atoms with van der Waals surface area (Å²) in [5.74, 6) is 0.548. The second kappa shape index (κ2) is 5.54. The van der Waals surface area contributed by atoms with Crippen LogP contribution in [0.4, 0.5) is 0 Å². The van der Waals surface area contributed by atoms with Crippen molar-refractivity contribution in [2.45, 2.75) is 25.7 Å². The van der Waals surface area contributed by atoms with Crippen molar-refractivity contribution in [2.75, 3.05) is 14.1 Å². The van der Waals surface area contributed by atoms with Gasteiger partial charge in [-0.15, -0.1) is 0 Å². The van der Waals surface area contributed by atoms with Crippen LogP contribution in [0.5, 0.6) is 0 Å². The molecule has 0 saturated heterocycles. The maximum Gasteiger partial charge on any atom is 0.222 e. The number of amides is 1. The molecule has 0 N–H and O–H groups in total. The Bertz CT molecular complexity index is 306. The molecular weight excluding hydrogens is 186 g/mol. The lowest BCUT2D eigenvalue weighted by atomic mass is 9.93. The lowest BCUT2D eigenvalue weighted by Gasteiger charge is -2.17. The number of rotatable bonds is 4. The topological polar surface area (TPSA) is 20.3 Å². The van der Waals surface area contributed by atoms with Crippen LogP contribution in [0.15, 0.2) is 30.3 Å². The minimum absolute atomic E-state index is 0.200. The maximum absolute atomic E-state index is 11.6. The van der Waals surface area contributed by atoms with Gasteiger partial charge in [0.05, 0.1) is 0 Å². The van der Waals surface area contributed by atoms with Gasteiger partial charge in [-0.1, -0.05) is 37.3 Å². The van der Waals surface area contributed by atoms with Gasteiger partial charge in [0.1, 0.15) is 0 Å². The third-order valence-electron chi connectivity index (χ3n) is 2.68. The summed E-state index contributed by atoms with van der Waals surface area (Å²) in [6.07, 6.45) is 1.61. The van der Waals surface area contributed by atoms with Gasteiger partial charge < -0.3 is 4.90 Å². The highest BCUT2D eigenvalue weighted by Gasteiger charge is 2.14. The van der Waals surface area contributed by atoms with Crippen molar-refractivity contribution in [3.8, 4) is 0 Å². The van der Waals surface area contributed by atoms with Crippen LogP contribution in [0.25, 0.3) is 0 Å². The largest absolute Gasteiger partial charge is 0.349 e. The number of hydrogen-bond acceptors (Lipinski definition) is 1. The van der Waals surface area contributed by atoms with E-state index in [2.05, 4.69) is 19.1 Å². The van der Waals surface area contributed by atoms with Gasteiger partial charge in [0.25, 0.3) is 0 Å². The number of carbonyl (C=O) groups excluding carboxylic acids is 1. The van der Waals surface area contributed by atoms with E-state index in [4.69, 9.17) is 0 Å². The lowest BCUT2D eigenvalue weighted by Crippen LogP contribution is -2.23. The van der Waals surface area contributed by atoms with E-state index in [9.17, 15) is 4.79 Å². The molecule has 0 aliphatic carbocycles. The standard InChI is InChI=1S/C13H19NO/c1-4-11(10-13(15)14(2)3)12-8-6-5-7-9-12/h5-9,11H,4,10H2,1-3H3.